The van der Waals surface area contributed by atoms with Gasteiger partial charge in [0.25, 0.3) is 0 Å². The third-order valence-corrected chi connectivity index (χ3v) is 12.8. The number of rotatable bonds is 4. The molecule has 0 heterocycles. The van der Waals surface area contributed by atoms with E-state index in [0.29, 0.717) is 17.8 Å². The fourth-order valence-electron chi connectivity index (χ4n) is 10.6. The van der Waals surface area contributed by atoms with E-state index in [1.807, 2.05) is 0 Å². The smallest absolute Gasteiger partial charge is 0.309 e. The van der Waals surface area contributed by atoms with Crippen LogP contribution in [0.5, 0.6) is 0 Å². The van der Waals surface area contributed by atoms with Crippen molar-refractivity contribution in [1.29, 1.82) is 0 Å². The number of allylic oxidation sites excluding steroid dienone is 1. The topological polar surface area (TPSA) is 52.6 Å². The van der Waals surface area contributed by atoms with E-state index in [0.717, 1.165) is 64.2 Å². The maximum absolute atomic E-state index is 14.1. The lowest BCUT2D eigenvalue weighted by molar-refractivity contribution is -0.164. The minimum Gasteiger partial charge on any atom is -0.462 e. The predicted molar refractivity (Wildman–Crippen MR) is 166 cm³/mol. The SMILES string of the molecule is CC(=O)O[C@H]1CC[C@@]2(C)C(=CC[C@H]3[C@@H]4CC[C@H](C(=O)O[C@@H]5CCCC[C@H]5c5ccc6ccccc6c5)[C@@]4(C)CC[C@@H]32)C1. The van der Waals surface area contributed by atoms with Gasteiger partial charge in [0.15, 0.2) is 0 Å². The molecule has 224 valence electrons. The zero-order valence-corrected chi connectivity index (χ0v) is 25.8. The summed E-state index contributed by atoms with van der Waals surface area (Å²) < 4.78 is 12.2. The molecule has 9 atom stereocenters. The minimum absolute atomic E-state index is 0.0144. The van der Waals surface area contributed by atoms with E-state index >= 15 is 0 Å². The van der Waals surface area contributed by atoms with Crippen molar-refractivity contribution in [1.82, 2.24) is 0 Å². The van der Waals surface area contributed by atoms with Crippen molar-refractivity contribution in [2.24, 2.45) is 34.5 Å². The second-order valence-corrected chi connectivity index (χ2v) is 14.9. The summed E-state index contributed by atoms with van der Waals surface area (Å²) in [5.41, 5.74) is 3.08. The summed E-state index contributed by atoms with van der Waals surface area (Å²) in [6.45, 7) is 6.44. The van der Waals surface area contributed by atoms with Crippen molar-refractivity contribution in [2.45, 2.75) is 116 Å². The van der Waals surface area contributed by atoms with E-state index in [1.165, 1.54) is 41.7 Å². The third-order valence-electron chi connectivity index (χ3n) is 12.8. The van der Waals surface area contributed by atoms with Gasteiger partial charge >= 0.3 is 11.9 Å². The predicted octanol–water partition coefficient (Wildman–Crippen LogP) is 8.92. The molecular weight excluding hydrogens is 520 g/mol. The van der Waals surface area contributed by atoms with Gasteiger partial charge in [0, 0.05) is 19.3 Å². The van der Waals surface area contributed by atoms with Crippen LogP contribution in [0.15, 0.2) is 54.1 Å². The molecule has 0 amide bonds. The highest BCUT2D eigenvalue weighted by Crippen LogP contribution is 2.66. The van der Waals surface area contributed by atoms with Crippen molar-refractivity contribution in [2.75, 3.05) is 0 Å². The Labute approximate surface area is 251 Å². The number of ether oxygens (including phenoxy) is 2. The normalized spacial score (nSPS) is 39.4. The molecule has 5 aliphatic rings. The Morgan fingerprint density at radius 3 is 2.48 bits per heavy atom. The molecule has 42 heavy (non-hydrogen) atoms. The molecule has 4 fully saturated rings. The van der Waals surface area contributed by atoms with Crippen LogP contribution in [0, 0.1) is 34.5 Å². The van der Waals surface area contributed by atoms with Gasteiger partial charge in [-0.3, -0.25) is 9.59 Å². The summed E-state index contributed by atoms with van der Waals surface area (Å²) >= 11 is 0. The van der Waals surface area contributed by atoms with Gasteiger partial charge in [-0.15, -0.1) is 0 Å². The molecule has 0 saturated heterocycles. The van der Waals surface area contributed by atoms with E-state index < -0.39 is 0 Å². The van der Waals surface area contributed by atoms with E-state index in [2.05, 4.69) is 62.4 Å². The number of carbonyl (C=O) groups excluding carboxylic acids is 2. The summed E-state index contributed by atoms with van der Waals surface area (Å²) in [6, 6.07) is 15.4. The molecule has 7 rings (SSSR count). The standard InChI is InChI=1S/C38H48O4/c1-24(39)41-29-18-20-37(2)28(23-29)14-15-31-32-16-17-34(38(32,3)21-19-33(31)37)36(40)42-35-11-7-6-10-30(35)27-13-12-25-8-4-5-9-26(25)22-27/h4-5,8-9,12-14,22,29-35H,6-7,10-11,15-21,23H2,1-3H3/t29-,30-,31-,32-,33-,34+,35+,37-,38-/m0/s1. The first-order valence-electron chi connectivity index (χ1n) is 16.8. The molecule has 0 aliphatic heterocycles. The first-order valence-corrected chi connectivity index (χ1v) is 16.8. The molecule has 2 aromatic carbocycles. The molecular formula is C38H48O4. The number of hydrogen-bond donors (Lipinski definition) is 0. The number of benzene rings is 2. The van der Waals surface area contributed by atoms with Crippen LogP contribution in [-0.4, -0.2) is 24.1 Å². The first kappa shape index (κ1) is 28.2. The van der Waals surface area contributed by atoms with E-state index in [1.54, 1.807) is 0 Å². The van der Waals surface area contributed by atoms with Crippen LogP contribution in [-0.2, 0) is 19.1 Å². The molecule has 0 N–H and O–H groups in total. The van der Waals surface area contributed by atoms with Crippen LogP contribution in [0.4, 0.5) is 0 Å². The Kier molecular flexibility index (Phi) is 7.26. The maximum Gasteiger partial charge on any atom is 0.309 e. The third kappa shape index (κ3) is 4.72. The number of esters is 2. The van der Waals surface area contributed by atoms with Crippen molar-refractivity contribution in [3.63, 3.8) is 0 Å². The lowest BCUT2D eigenvalue weighted by atomic mass is 9.47. The summed E-state index contributed by atoms with van der Waals surface area (Å²) in [7, 11) is 0. The van der Waals surface area contributed by atoms with Gasteiger partial charge in [0.2, 0.25) is 0 Å². The minimum atomic E-state index is -0.160. The fourth-order valence-corrected chi connectivity index (χ4v) is 10.6. The monoisotopic (exact) mass is 568 g/mol. The summed E-state index contributed by atoms with van der Waals surface area (Å²) in [5.74, 6) is 2.11. The quantitative estimate of drug-likeness (QED) is 0.273. The molecule has 2 aromatic rings. The Balaban J connectivity index is 1.07. The van der Waals surface area contributed by atoms with Crippen LogP contribution in [0.25, 0.3) is 10.8 Å². The Morgan fingerprint density at radius 1 is 0.833 bits per heavy atom. The Bertz CT molecular complexity index is 1390. The van der Waals surface area contributed by atoms with E-state index in [-0.39, 0.29) is 46.8 Å². The van der Waals surface area contributed by atoms with Crippen molar-refractivity contribution < 1.29 is 19.1 Å². The van der Waals surface area contributed by atoms with Crippen LogP contribution >= 0.6 is 0 Å². The fraction of sp³-hybridized carbons (Fsp3) is 0.632. The largest absolute Gasteiger partial charge is 0.462 e. The molecule has 4 nitrogen and oxygen atoms in total. The zero-order valence-electron chi connectivity index (χ0n) is 25.8. The Hall–Kier alpha value is -2.62. The van der Waals surface area contributed by atoms with Gasteiger partial charge in [0.05, 0.1) is 5.92 Å². The van der Waals surface area contributed by atoms with Gasteiger partial charge < -0.3 is 9.47 Å². The van der Waals surface area contributed by atoms with Gasteiger partial charge in [-0.05, 0) is 109 Å². The van der Waals surface area contributed by atoms with Gasteiger partial charge in [0.1, 0.15) is 12.2 Å². The van der Waals surface area contributed by atoms with Gasteiger partial charge in [-0.2, -0.15) is 0 Å². The summed E-state index contributed by atoms with van der Waals surface area (Å²) in [6.07, 6.45) is 15.4. The Morgan fingerprint density at radius 2 is 1.64 bits per heavy atom. The van der Waals surface area contributed by atoms with Crippen LogP contribution in [0.1, 0.15) is 109 Å². The summed E-state index contributed by atoms with van der Waals surface area (Å²) in [4.78, 5) is 25.7. The number of hydrogen-bond acceptors (Lipinski definition) is 4. The highest BCUT2D eigenvalue weighted by molar-refractivity contribution is 5.83. The molecule has 5 aliphatic carbocycles. The van der Waals surface area contributed by atoms with Crippen LogP contribution in [0.3, 0.4) is 0 Å². The molecule has 0 aromatic heterocycles. The molecule has 0 bridgehead atoms. The van der Waals surface area contributed by atoms with E-state index in [9.17, 15) is 9.59 Å². The lowest BCUT2D eigenvalue weighted by Crippen LogP contribution is -2.51. The second-order valence-electron chi connectivity index (χ2n) is 14.9. The molecule has 4 saturated carbocycles. The first-order chi connectivity index (χ1) is 20.3. The molecule has 4 heteroatoms. The van der Waals surface area contributed by atoms with Crippen LogP contribution < -0.4 is 0 Å². The van der Waals surface area contributed by atoms with Crippen molar-refractivity contribution in [3.05, 3.63) is 59.7 Å². The number of fused-ring (bicyclic) bond motifs is 6. The van der Waals surface area contributed by atoms with Crippen molar-refractivity contribution >= 4 is 22.7 Å². The molecule has 0 unspecified atom stereocenters. The average Bonchev–Trinajstić information content (AvgIpc) is 3.34. The zero-order chi connectivity index (χ0) is 29.1. The number of carbonyl (C=O) groups is 2. The average molecular weight is 569 g/mol. The van der Waals surface area contributed by atoms with Gasteiger partial charge in [-0.1, -0.05) is 74.4 Å². The molecule has 0 spiro atoms. The maximum atomic E-state index is 14.1. The van der Waals surface area contributed by atoms with Crippen LogP contribution in [0.2, 0.25) is 0 Å². The van der Waals surface area contributed by atoms with Gasteiger partial charge in [-0.25, -0.2) is 0 Å². The summed E-state index contributed by atoms with van der Waals surface area (Å²) in [5, 5.41) is 2.54. The molecule has 0 radical (unpaired) electrons. The highest BCUT2D eigenvalue weighted by Gasteiger charge is 2.60. The van der Waals surface area contributed by atoms with E-state index in [4.69, 9.17) is 9.47 Å². The highest BCUT2D eigenvalue weighted by atomic mass is 16.5. The second kappa shape index (κ2) is 10.8. The lowest BCUT2D eigenvalue weighted by Gasteiger charge is -2.58. The van der Waals surface area contributed by atoms with Crippen molar-refractivity contribution in [3.8, 4) is 0 Å².